The summed E-state index contributed by atoms with van der Waals surface area (Å²) in [6.07, 6.45) is 0.902. The van der Waals surface area contributed by atoms with Crippen LogP contribution in [0.25, 0.3) is 0 Å². The summed E-state index contributed by atoms with van der Waals surface area (Å²) in [5, 5.41) is 0. The summed E-state index contributed by atoms with van der Waals surface area (Å²) in [4.78, 5) is 12.4. The highest BCUT2D eigenvalue weighted by atomic mass is 32.2. The standard InChI is InChI=1S/C19H23NO4S/c1-4-15-10-12-17(13-11-15)24-19(21)16-8-7-9-18(14-16)25(22,23)20(5-2)6-3/h7-14H,4-6H2,1-3H3. The van der Waals surface area contributed by atoms with Crippen molar-refractivity contribution in [3.05, 3.63) is 59.7 Å². The lowest BCUT2D eigenvalue weighted by Crippen LogP contribution is -2.30. The monoisotopic (exact) mass is 361 g/mol. The second-order valence-corrected chi connectivity index (χ2v) is 7.44. The fourth-order valence-electron chi connectivity index (χ4n) is 2.46. The van der Waals surface area contributed by atoms with Crippen molar-refractivity contribution in [1.29, 1.82) is 0 Å². The maximum atomic E-state index is 12.6. The summed E-state index contributed by atoms with van der Waals surface area (Å²) in [5.74, 6) is -0.153. The van der Waals surface area contributed by atoms with Crippen LogP contribution < -0.4 is 4.74 Å². The minimum atomic E-state index is -3.61. The second kappa shape index (κ2) is 8.27. The first-order valence-electron chi connectivity index (χ1n) is 8.33. The van der Waals surface area contributed by atoms with Crippen molar-refractivity contribution in [2.45, 2.75) is 32.1 Å². The van der Waals surface area contributed by atoms with E-state index in [4.69, 9.17) is 4.74 Å². The lowest BCUT2D eigenvalue weighted by Gasteiger charge is -2.18. The molecule has 0 heterocycles. The molecule has 0 aliphatic carbocycles. The van der Waals surface area contributed by atoms with E-state index in [1.165, 1.54) is 16.4 Å². The summed E-state index contributed by atoms with van der Waals surface area (Å²) >= 11 is 0. The van der Waals surface area contributed by atoms with E-state index in [0.717, 1.165) is 12.0 Å². The summed E-state index contributed by atoms with van der Waals surface area (Å²) < 4.78 is 31.8. The fourth-order valence-corrected chi connectivity index (χ4v) is 3.96. The zero-order valence-corrected chi connectivity index (χ0v) is 15.5. The molecular weight excluding hydrogens is 338 g/mol. The van der Waals surface area contributed by atoms with Gasteiger partial charge in [-0.2, -0.15) is 4.31 Å². The topological polar surface area (TPSA) is 63.7 Å². The van der Waals surface area contributed by atoms with Gasteiger partial charge in [0.2, 0.25) is 10.0 Å². The molecular formula is C19H23NO4S. The highest BCUT2D eigenvalue weighted by Crippen LogP contribution is 2.19. The molecule has 6 heteroatoms. The lowest BCUT2D eigenvalue weighted by atomic mass is 10.2. The lowest BCUT2D eigenvalue weighted by molar-refractivity contribution is 0.0734. The molecule has 0 saturated carbocycles. The Labute approximate surface area is 149 Å². The molecule has 2 rings (SSSR count). The molecule has 134 valence electrons. The number of esters is 1. The Kier molecular flexibility index (Phi) is 6.33. The van der Waals surface area contributed by atoms with Gasteiger partial charge in [-0.25, -0.2) is 13.2 Å². The Morgan fingerprint density at radius 2 is 1.64 bits per heavy atom. The highest BCUT2D eigenvalue weighted by Gasteiger charge is 2.22. The fraction of sp³-hybridized carbons (Fsp3) is 0.316. The molecule has 0 unspecified atom stereocenters. The number of carbonyl (C=O) groups is 1. The van der Waals surface area contributed by atoms with Crippen LogP contribution in [0.2, 0.25) is 0 Å². The van der Waals surface area contributed by atoms with Gasteiger partial charge in [0, 0.05) is 13.1 Å². The summed E-state index contributed by atoms with van der Waals surface area (Å²) in [6.45, 7) is 6.34. The molecule has 0 amide bonds. The highest BCUT2D eigenvalue weighted by molar-refractivity contribution is 7.89. The van der Waals surface area contributed by atoms with Crippen LogP contribution in [0, 0.1) is 0 Å². The number of nitrogens with zero attached hydrogens (tertiary/aromatic N) is 1. The quantitative estimate of drug-likeness (QED) is 0.559. The van der Waals surface area contributed by atoms with Gasteiger partial charge in [0.15, 0.2) is 0 Å². The van der Waals surface area contributed by atoms with Gasteiger partial charge in [0.05, 0.1) is 10.5 Å². The molecule has 0 saturated heterocycles. The Morgan fingerprint density at radius 1 is 1.00 bits per heavy atom. The third-order valence-corrected chi connectivity index (χ3v) is 6.00. The third-order valence-electron chi connectivity index (χ3n) is 3.96. The molecule has 0 bridgehead atoms. The Morgan fingerprint density at radius 3 is 2.20 bits per heavy atom. The summed E-state index contributed by atoms with van der Waals surface area (Å²) in [6, 6.07) is 13.2. The normalized spacial score (nSPS) is 11.5. The number of sulfonamides is 1. The largest absolute Gasteiger partial charge is 0.423 e. The minimum absolute atomic E-state index is 0.0898. The van der Waals surface area contributed by atoms with E-state index < -0.39 is 16.0 Å². The number of hydrogen-bond acceptors (Lipinski definition) is 4. The molecule has 0 radical (unpaired) electrons. The number of ether oxygens (including phenoxy) is 1. The van der Waals surface area contributed by atoms with Gasteiger partial charge < -0.3 is 4.74 Å². The molecule has 0 aliphatic rings. The van der Waals surface area contributed by atoms with Crippen molar-refractivity contribution in [2.24, 2.45) is 0 Å². The molecule has 0 fully saturated rings. The van der Waals surface area contributed by atoms with Crippen molar-refractivity contribution in [3.8, 4) is 5.75 Å². The zero-order chi connectivity index (χ0) is 18.4. The first-order valence-corrected chi connectivity index (χ1v) is 9.77. The van der Waals surface area contributed by atoms with Crippen LogP contribution in [-0.4, -0.2) is 31.8 Å². The Hall–Kier alpha value is -2.18. The second-order valence-electron chi connectivity index (χ2n) is 5.50. The van der Waals surface area contributed by atoms with E-state index in [1.807, 2.05) is 19.1 Å². The van der Waals surface area contributed by atoms with Gasteiger partial charge >= 0.3 is 5.97 Å². The number of aryl methyl sites for hydroxylation is 1. The van der Waals surface area contributed by atoms with Gasteiger partial charge in [-0.15, -0.1) is 0 Å². The number of carbonyl (C=O) groups excluding carboxylic acids is 1. The van der Waals surface area contributed by atoms with Crippen LogP contribution in [0.5, 0.6) is 5.75 Å². The van der Waals surface area contributed by atoms with Crippen LogP contribution in [0.1, 0.15) is 36.7 Å². The maximum absolute atomic E-state index is 12.6. The molecule has 2 aromatic rings. The predicted octanol–water partition coefficient (Wildman–Crippen LogP) is 3.50. The van der Waals surface area contributed by atoms with Crippen LogP contribution in [0.4, 0.5) is 0 Å². The molecule has 2 aromatic carbocycles. The maximum Gasteiger partial charge on any atom is 0.343 e. The van der Waals surface area contributed by atoms with Crippen LogP contribution in [-0.2, 0) is 16.4 Å². The molecule has 0 aromatic heterocycles. The summed E-state index contributed by atoms with van der Waals surface area (Å²) in [5.41, 5.74) is 1.35. The molecule has 5 nitrogen and oxygen atoms in total. The molecule has 0 N–H and O–H groups in total. The number of hydrogen-bond donors (Lipinski definition) is 0. The zero-order valence-electron chi connectivity index (χ0n) is 14.7. The van der Waals surface area contributed by atoms with Crippen molar-refractivity contribution >= 4 is 16.0 Å². The number of benzene rings is 2. The van der Waals surface area contributed by atoms with Crippen LogP contribution in [0.15, 0.2) is 53.4 Å². The molecule has 25 heavy (non-hydrogen) atoms. The average molecular weight is 361 g/mol. The van der Waals surface area contributed by atoms with Crippen molar-refractivity contribution in [3.63, 3.8) is 0 Å². The van der Waals surface area contributed by atoms with Crippen molar-refractivity contribution < 1.29 is 17.9 Å². The third kappa shape index (κ3) is 4.46. The minimum Gasteiger partial charge on any atom is -0.423 e. The first-order chi connectivity index (χ1) is 11.9. The van der Waals surface area contributed by atoms with Crippen molar-refractivity contribution in [2.75, 3.05) is 13.1 Å². The van der Waals surface area contributed by atoms with E-state index in [0.29, 0.717) is 18.8 Å². The smallest absolute Gasteiger partial charge is 0.343 e. The number of rotatable bonds is 7. The van der Waals surface area contributed by atoms with Crippen molar-refractivity contribution in [1.82, 2.24) is 4.31 Å². The molecule has 0 atom stereocenters. The SMILES string of the molecule is CCc1ccc(OC(=O)c2cccc(S(=O)(=O)N(CC)CC)c2)cc1. The van der Waals surface area contributed by atoms with E-state index in [9.17, 15) is 13.2 Å². The Balaban J connectivity index is 2.23. The van der Waals surface area contributed by atoms with E-state index in [1.54, 1.807) is 38.1 Å². The summed E-state index contributed by atoms with van der Waals surface area (Å²) in [7, 11) is -3.61. The molecule has 0 spiro atoms. The van der Waals surface area contributed by atoms with Crippen LogP contribution >= 0.6 is 0 Å². The van der Waals surface area contributed by atoms with Gasteiger partial charge in [0.25, 0.3) is 0 Å². The van der Waals surface area contributed by atoms with Crippen LogP contribution in [0.3, 0.4) is 0 Å². The average Bonchev–Trinajstić information content (AvgIpc) is 2.63. The Bertz CT molecular complexity index is 825. The van der Waals surface area contributed by atoms with E-state index in [-0.39, 0.29) is 10.5 Å². The van der Waals surface area contributed by atoms with Gasteiger partial charge in [-0.05, 0) is 42.3 Å². The first kappa shape index (κ1) is 19.1. The predicted molar refractivity (Wildman–Crippen MR) is 97.3 cm³/mol. The van der Waals surface area contributed by atoms with Gasteiger partial charge in [-0.3, -0.25) is 0 Å². The van der Waals surface area contributed by atoms with E-state index in [2.05, 4.69) is 0 Å². The van der Waals surface area contributed by atoms with E-state index >= 15 is 0 Å². The van der Waals surface area contributed by atoms with Gasteiger partial charge in [-0.1, -0.05) is 39.0 Å². The van der Waals surface area contributed by atoms with Gasteiger partial charge in [0.1, 0.15) is 5.75 Å². The molecule has 0 aliphatic heterocycles.